The molecule has 0 aliphatic carbocycles. The van der Waals surface area contributed by atoms with Crippen LogP contribution in [0, 0.1) is 11.6 Å². The zero-order valence-electron chi connectivity index (χ0n) is 11.7. The van der Waals surface area contributed by atoms with Crippen LogP contribution in [-0.4, -0.2) is 16.1 Å². The lowest BCUT2D eigenvalue weighted by molar-refractivity contribution is 0.371. The molecule has 1 aromatic carbocycles. The molecule has 0 bridgehead atoms. The third-order valence-corrected chi connectivity index (χ3v) is 4.25. The fourth-order valence-corrected chi connectivity index (χ4v) is 2.35. The molecule has 19 heavy (non-hydrogen) atoms. The second-order valence-electron chi connectivity index (χ2n) is 5.20. The highest BCUT2D eigenvalue weighted by Crippen LogP contribution is 2.31. The standard InChI is InChI=1S/C13H19F2NO2S/c1-8(16-19(17)13(2,3)4)11-9(14)6-7-10(15)12(11)18-5/h6-8,16H,1-5H3/t8-,19?/m1/s1. The van der Waals surface area contributed by atoms with E-state index >= 15 is 0 Å². The fraction of sp³-hybridized carbons (Fsp3) is 0.538. The van der Waals surface area contributed by atoms with Crippen LogP contribution < -0.4 is 9.46 Å². The first-order chi connectivity index (χ1) is 8.68. The van der Waals surface area contributed by atoms with Gasteiger partial charge in [-0.3, -0.25) is 0 Å². The van der Waals surface area contributed by atoms with Crippen molar-refractivity contribution in [2.24, 2.45) is 0 Å². The predicted molar refractivity (Wildman–Crippen MR) is 72.4 cm³/mol. The molecule has 0 aromatic heterocycles. The molecule has 0 heterocycles. The molecule has 6 heteroatoms. The van der Waals surface area contributed by atoms with Crippen LogP contribution >= 0.6 is 0 Å². The number of halogens is 2. The van der Waals surface area contributed by atoms with Crippen LogP contribution in [0.4, 0.5) is 8.78 Å². The normalized spacial score (nSPS) is 15.1. The molecule has 1 rings (SSSR count). The second kappa shape index (κ2) is 5.96. The van der Waals surface area contributed by atoms with Crippen LogP contribution in [0.15, 0.2) is 12.1 Å². The van der Waals surface area contributed by atoms with Gasteiger partial charge in [-0.25, -0.2) is 17.7 Å². The summed E-state index contributed by atoms with van der Waals surface area (Å²) in [7, 11) is -0.115. The minimum absolute atomic E-state index is 0.0418. The molecule has 108 valence electrons. The first-order valence-corrected chi connectivity index (χ1v) is 7.03. The Labute approximate surface area is 114 Å². The highest BCUT2D eigenvalue weighted by molar-refractivity contribution is 7.84. The van der Waals surface area contributed by atoms with Crippen LogP contribution in [0.3, 0.4) is 0 Å². The van der Waals surface area contributed by atoms with E-state index in [-0.39, 0.29) is 11.3 Å². The average molecular weight is 291 g/mol. The van der Waals surface area contributed by atoms with Crippen LogP contribution in [0.1, 0.15) is 39.3 Å². The maximum Gasteiger partial charge on any atom is 0.165 e. The van der Waals surface area contributed by atoms with E-state index in [0.717, 1.165) is 12.1 Å². The fourth-order valence-electron chi connectivity index (χ4n) is 1.56. The Morgan fingerprint density at radius 3 is 2.26 bits per heavy atom. The molecule has 2 atom stereocenters. The third-order valence-electron chi connectivity index (χ3n) is 2.57. The van der Waals surface area contributed by atoms with E-state index in [1.807, 2.05) is 0 Å². The lowest BCUT2D eigenvalue weighted by Gasteiger charge is -2.23. The number of hydrogen-bond acceptors (Lipinski definition) is 2. The van der Waals surface area contributed by atoms with Crippen LogP contribution in [-0.2, 0) is 11.0 Å². The molecule has 0 radical (unpaired) electrons. The zero-order valence-corrected chi connectivity index (χ0v) is 12.5. The van der Waals surface area contributed by atoms with E-state index in [0.29, 0.717) is 0 Å². The summed E-state index contributed by atoms with van der Waals surface area (Å²) in [5.74, 6) is -1.40. The Balaban J connectivity index is 3.10. The summed E-state index contributed by atoms with van der Waals surface area (Å²) >= 11 is 0. The van der Waals surface area contributed by atoms with E-state index < -0.39 is 33.4 Å². The monoisotopic (exact) mass is 291 g/mol. The van der Waals surface area contributed by atoms with Crippen LogP contribution in [0.2, 0.25) is 0 Å². The molecule has 0 saturated carbocycles. The van der Waals surface area contributed by atoms with Crippen molar-refractivity contribution in [3.8, 4) is 5.75 Å². The van der Waals surface area contributed by atoms with E-state index in [9.17, 15) is 13.0 Å². The Hall–Kier alpha value is -1.01. The number of methoxy groups -OCH3 is 1. The van der Waals surface area contributed by atoms with Crippen molar-refractivity contribution in [2.75, 3.05) is 7.11 Å². The molecule has 3 nitrogen and oxygen atoms in total. The number of ether oxygens (including phenoxy) is 1. The third kappa shape index (κ3) is 3.73. The van der Waals surface area contributed by atoms with Gasteiger partial charge >= 0.3 is 0 Å². The summed E-state index contributed by atoms with van der Waals surface area (Å²) in [5, 5.41) is 0. The summed E-state index contributed by atoms with van der Waals surface area (Å²) in [6.45, 7) is 7.00. The van der Waals surface area contributed by atoms with Crippen molar-refractivity contribution in [3.05, 3.63) is 29.3 Å². The highest BCUT2D eigenvalue weighted by atomic mass is 32.2. The highest BCUT2D eigenvalue weighted by Gasteiger charge is 2.26. The maximum atomic E-state index is 13.8. The Kier molecular flexibility index (Phi) is 5.04. The van der Waals surface area contributed by atoms with Gasteiger partial charge in [0.25, 0.3) is 0 Å². The van der Waals surface area contributed by atoms with Gasteiger partial charge in [0.05, 0.1) is 28.4 Å². The first kappa shape index (κ1) is 16.0. The molecule has 1 unspecified atom stereocenters. The summed E-state index contributed by atoms with van der Waals surface area (Å²) in [6.07, 6.45) is 0. The van der Waals surface area contributed by atoms with Crippen molar-refractivity contribution in [2.45, 2.75) is 38.5 Å². The van der Waals surface area contributed by atoms with Gasteiger partial charge in [-0.1, -0.05) is 0 Å². The molecule has 1 aromatic rings. The number of benzene rings is 1. The van der Waals surface area contributed by atoms with Gasteiger partial charge in [-0.15, -0.1) is 0 Å². The molecule has 0 spiro atoms. The minimum atomic E-state index is -1.39. The van der Waals surface area contributed by atoms with Crippen molar-refractivity contribution in [3.63, 3.8) is 0 Å². The van der Waals surface area contributed by atoms with Crippen molar-refractivity contribution < 1.29 is 17.7 Å². The first-order valence-electron chi connectivity index (χ1n) is 5.88. The number of nitrogens with one attached hydrogen (secondary N) is 1. The van der Waals surface area contributed by atoms with Gasteiger partial charge in [-0.2, -0.15) is 0 Å². The summed E-state index contributed by atoms with van der Waals surface area (Å²) < 4.78 is 46.5. The van der Waals surface area contributed by atoms with E-state index in [4.69, 9.17) is 4.74 Å². The summed E-state index contributed by atoms with van der Waals surface area (Å²) in [6, 6.07) is 1.40. The zero-order chi connectivity index (χ0) is 14.8. The molecular formula is C13H19F2NO2S. The molecule has 0 aliphatic heterocycles. The number of hydrogen-bond donors (Lipinski definition) is 1. The minimum Gasteiger partial charge on any atom is -0.493 e. The van der Waals surface area contributed by atoms with Gasteiger partial charge in [0.2, 0.25) is 0 Å². The smallest absolute Gasteiger partial charge is 0.165 e. The second-order valence-corrected chi connectivity index (χ2v) is 7.19. The Bertz CT molecular complexity index is 486. The molecule has 0 amide bonds. The molecule has 1 N–H and O–H groups in total. The lowest BCUT2D eigenvalue weighted by Crippen LogP contribution is -2.35. The van der Waals surface area contributed by atoms with Crippen LogP contribution in [0.5, 0.6) is 5.75 Å². The Morgan fingerprint density at radius 1 is 1.26 bits per heavy atom. The Morgan fingerprint density at radius 2 is 1.79 bits per heavy atom. The van der Waals surface area contributed by atoms with Crippen molar-refractivity contribution >= 4 is 11.0 Å². The molecule has 0 fully saturated rings. The summed E-state index contributed by atoms with van der Waals surface area (Å²) in [5.41, 5.74) is 0.0418. The molecular weight excluding hydrogens is 272 g/mol. The van der Waals surface area contributed by atoms with Crippen molar-refractivity contribution in [1.82, 2.24) is 4.72 Å². The number of rotatable bonds is 4. The van der Waals surface area contributed by atoms with Gasteiger partial charge in [-0.05, 0) is 39.8 Å². The van der Waals surface area contributed by atoms with E-state index in [1.54, 1.807) is 27.7 Å². The molecule has 0 saturated heterocycles. The van der Waals surface area contributed by atoms with Gasteiger partial charge < -0.3 is 4.74 Å². The van der Waals surface area contributed by atoms with Gasteiger partial charge in [0.1, 0.15) is 5.82 Å². The summed E-state index contributed by atoms with van der Waals surface area (Å²) in [4.78, 5) is 0. The van der Waals surface area contributed by atoms with Crippen molar-refractivity contribution in [1.29, 1.82) is 0 Å². The van der Waals surface area contributed by atoms with E-state index in [1.165, 1.54) is 7.11 Å². The maximum absolute atomic E-state index is 13.8. The van der Waals surface area contributed by atoms with Gasteiger partial charge in [0.15, 0.2) is 11.6 Å². The topological polar surface area (TPSA) is 38.3 Å². The average Bonchev–Trinajstić information content (AvgIpc) is 2.30. The predicted octanol–water partition coefficient (Wildman–Crippen LogP) is 3.09. The lowest BCUT2D eigenvalue weighted by atomic mass is 10.1. The largest absolute Gasteiger partial charge is 0.493 e. The van der Waals surface area contributed by atoms with Crippen LogP contribution in [0.25, 0.3) is 0 Å². The SMILES string of the molecule is COc1c(F)ccc(F)c1[C@@H](C)NS(=O)C(C)(C)C. The van der Waals surface area contributed by atoms with Gasteiger partial charge in [0, 0.05) is 6.04 Å². The van der Waals surface area contributed by atoms with E-state index in [2.05, 4.69) is 4.72 Å². The molecule has 0 aliphatic rings. The quantitative estimate of drug-likeness (QED) is 0.926.